The maximum absolute atomic E-state index is 13.0. The number of nitrogens with zero attached hydrogens (tertiary/aromatic N) is 2. The molecule has 3 aliphatic rings. The molecule has 1 aromatic heterocycles. The van der Waals surface area contributed by atoms with Crippen molar-refractivity contribution in [1.29, 1.82) is 0 Å². The predicted molar refractivity (Wildman–Crippen MR) is 96.1 cm³/mol. The molecule has 1 spiro atoms. The molecule has 0 aliphatic carbocycles. The number of fused-ring (bicyclic) bond motifs is 1. The molecule has 4 rings (SSSR count). The van der Waals surface area contributed by atoms with Gasteiger partial charge in [-0.3, -0.25) is 14.6 Å². The van der Waals surface area contributed by atoms with Crippen LogP contribution < -0.4 is 5.32 Å². The molecule has 1 N–H and O–H groups in total. The largest absolute Gasteiger partial charge is 0.360 e. The highest BCUT2D eigenvalue weighted by Gasteiger charge is 2.67. The van der Waals surface area contributed by atoms with Gasteiger partial charge >= 0.3 is 0 Å². The van der Waals surface area contributed by atoms with E-state index in [-0.39, 0.29) is 30.0 Å². The SMILES string of the molecule is CC(C)N1C[C@]23C=C[C@@H](O2)[C@@H](C(=O)N[C@H](C)Cc2ccccn2)[C@H]3C1=O. The maximum atomic E-state index is 13.0. The topological polar surface area (TPSA) is 71.5 Å². The molecular weight excluding hydrogens is 330 g/mol. The fraction of sp³-hybridized carbons (Fsp3) is 0.550. The monoisotopic (exact) mass is 355 g/mol. The Bertz CT molecular complexity index is 748. The van der Waals surface area contributed by atoms with Gasteiger partial charge in [0.2, 0.25) is 11.8 Å². The zero-order chi connectivity index (χ0) is 18.5. The van der Waals surface area contributed by atoms with E-state index in [2.05, 4.69) is 10.3 Å². The van der Waals surface area contributed by atoms with Crippen LogP contribution in [-0.4, -0.2) is 52.0 Å². The summed E-state index contributed by atoms with van der Waals surface area (Å²) in [5.74, 6) is -0.942. The average Bonchev–Trinajstić information content (AvgIpc) is 3.24. The van der Waals surface area contributed by atoms with Crippen LogP contribution in [0.1, 0.15) is 26.5 Å². The first-order chi connectivity index (χ1) is 12.4. The molecule has 2 amide bonds. The number of hydrogen-bond acceptors (Lipinski definition) is 4. The Balaban J connectivity index is 1.48. The van der Waals surface area contributed by atoms with Crippen molar-refractivity contribution in [3.63, 3.8) is 0 Å². The lowest BCUT2D eigenvalue weighted by Gasteiger charge is -2.25. The van der Waals surface area contributed by atoms with Gasteiger partial charge in [-0.25, -0.2) is 0 Å². The van der Waals surface area contributed by atoms with Crippen LogP contribution in [-0.2, 0) is 20.7 Å². The number of amides is 2. The average molecular weight is 355 g/mol. The summed E-state index contributed by atoms with van der Waals surface area (Å²) in [6, 6.07) is 5.80. The summed E-state index contributed by atoms with van der Waals surface area (Å²) >= 11 is 0. The van der Waals surface area contributed by atoms with Crippen LogP contribution in [0.4, 0.5) is 0 Å². The number of nitrogens with one attached hydrogen (secondary N) is 1. The van der Waals surface area contributed by atoms with Crippen LogP contribution >= 0.6 is 0 Å². The molecule has 138 valence electrons. The number of aromatic nitrogens is 1. The molecule has 5 atom stereocenters. The van der Waals surface area contributed by atoms with Gasteiger partial charge in [0.1, 0.15) is 5.60 Å². The molecule has 0 unspecified atom stereocenters. The van der Waals surface area contributed by atoms with Crippen molar-refractivity contribution < 1.29 is 14.3 Å². The molecular formula is C20H25N3O3. The number of likely N-dealkylation sites (tertiary alicyclic amines) is 1. The third-order valence-electron chi connectivity index (χ3n) is 5.69. The highest BCUT2D eigenvalue weighted by Crippen LogP contribution is 2.52. The van der Waals surface area contributed by atoms with E-state index in [1.54, 1.807) is 6.20 Å². The number of rotatable bonds is 5. The highest BCUT2D eigenvalue weighted by atomic mass is 16.5. The lowest BCUT2D eigenvalue weighted by atomic mass is 9.76. The summed E-state index contributed by atoms with van der Waals surface area (Å²) < 4.78 is 6.12. The fourth-order valence-corrected chi connectivity index (χ4v) is 4.49. The van der Waals surface area contributed by atoms with Gasteiger partial charge in [-0.1, -0.05) is 18.2 Å². The highest BCUT2D eigenvalue weighted by molar-refractivity contribution is 5.93. The van der Waals surface area contributed by atoms with Gasteiger partial charge in [0, 0.05) is 30.4 Å². The Morgan fingerprint density at radius 3 is 2.92 bits per heavy atom. The third-order valence-corrected chi connectivity index (χ3v) is 5.69. The first kappa shape index (κ1) is 17.2. The second-order valence-electron chi connectivity index (χ2n) is 7.89. The number of ether oxygens (including phenoxy) is 1. The van der Waals surface area contributed by atoms with Gasteiger partial charge in [-0.05, 0) is 32.9 Å². The van der Waals surface area contributed by atoms with Crippen molar-refractivity contribution >= 4 is 11.8 Å². The van der Waals surface area contributed by atoms with Crippen molar-refractivity contribution in [2.45, 2.75) is 51.0 Å². The van der Waals surface area contributed by atoms with Gasteiger partial charge in [-0.15, -0.1) is 0 Å². The van der Waals surface area contributed by atoms with E-state index in [4.69, 9.17) is 4.74 Å². The molecule has 3 aliphatic heterocycles. The number of hydrogen-bond donors (Lipinski definition) is 1. The molecule has 6 nitrogen and oxygen atoms in total. The van der Waals surface area contributed by atoms with E-state index in [0.717, 1.165) is 5.69 Å². The molecule has 0 saturated carbocycles. The molecule has 0 aromatic carbocycles. The number of carbonyl (C=O) groups excluding carboxylic acids is 2. The van der Waals surface area contributed by atoms with Crippen LogP contribution in [0.5, 0.6) is 0 Å². The first-order valence-corrected chi connectivity index (χ1v) is 9.29. The van der Waals surface area contributed by atoms with Crippen molar-refractivity contribution in [1.82, 2.24) is 15.2 Å². The summed E-state index contributed by atoms with van der Waals surface area (Å²) in [6.45, 7) is 6.49. The van der Waals surface area contributed by atoms with E-state index in [1.165, 1.54) is 0 Å². The van der Waals surface area contributed by atoms with E-state index < -0.39 is 17.4 Å². The van der Waals surface area contributed by atoms with Crippen LogP contribution in [0.3, 0.4) is 0 Å². The van der Waals surface area contributed by atoms with E-state index in [0.29, 0.717) is 13.0 Å². The molecule has 4 heterocycles. The van der Waals surface area contributed by atoms with Gasteiger partial charge in [0.15, 0.2) is 0 Å². The number of carbonyl (C=O) groups is 2. The lowest BCUT2D eigenvalue weighted by Crippen LogP contribution is -2.47. The van der Waals surface area contributed by atoms with Crippen LogP contribution in [0.15, 0.2) is 36.5 Å². The minimum absolute atomic E-state index is 0.0318. The second-order valence-corrected chi connectivity index (χ2v) is 7.89. The van der Waals surface area contributed by atoms with Crippen molar-refractivity contribution in [2.24, 2.45) is 11.8 Å². The van der Waals surface area contributed by atoms with Crippen LogP contribution in [0, 0.1) is 11.8 Å². The molecule has 1 aromatic rings. The third kappa shape index (κ3) is 2.63. The van der Waals surface area contributed by atoms with Crippen molar-refractivity contribution in [3.8, 4) is 0 Å². The van der Waals surface area contributed by atoms with E-state index >= 15 is 0 Å². The Morgan fingerprint density at radius 1 is 1.42 bits per heavy atom. The molecule has 2 bridgehead atoms. The quantitative estimate of drug-likeness (QED) is 0.809. The van der Waals surface area contributed by atoms with Gasteiger partial charge in [-0.2, -0.15) is 0 Å². The lowest BCUT2D eigenvalue weighted by molar-refractivity contribution is -0.138. The fourth-order valence-electron chi connectivity index (χ4n) is 4.49. The Hall–Kier alpha value is -2.21. The maximum Gasteiger partial charge on any atom is 0.230 e. The standard InChI is InChI=1S/C20H25N3O3/c1-12(2)23-11-20-8-7-15(26-20)16(17(20)19(23)25)18(24)22-13(3)10-14-6-4-5-9-21-14/h4-9,12-13,15-17H,10-11H2,1-3H3,(H,22,24)/t13-,15-,16-,17+,20+/m1/s1. The van der Waals surface area contributed by atoms with Crippen LogP contribution in [0.2, 0.25) is 0 Å². The second kappa shape index (κ2) is 6.20. The minimum Gasteiger partial charge on any atom is -0.360 e. The summed E-state index contributed by atoms with van der Waals surface area (Å²) in [6.07, 6.45) is 6.04. The van der Waals surface area contributed by atoms with Gasteiger partial charge < -0.3 is 15.0 Å². The van der Waals surface area contributed by atoms with E-state index in [1.807, 2.05) is 56.0 Å². The summed E-state index contributed by atoms with van der Waals surface area (Å²) in [4.78, 5) is 32.0. The zero-order valence-corrected chi connectivity index (χ0v) is 15.4. The van der Waals surface area contributed by atoms with Gasteiger partial charge in [0.25, 0.3) is 0 Å². The van der Waals surface area contributed by atoms with Crippen molar-refractivity contribution in [2.75, 3.05) is 6.54 Å². The predicted octanol–water partition coefficient (Wildman–Crippen LogP) is 1.32. The number of pyridine rings is 1. The molecule has 2 saturated heterocycles. The van der Waals surface area contributed by atoms with E-state index in [9.17, 15) is 9.59 Å². The van der Waals surface area contributed by atoms with Gasteiger partial charge in [0.05, 0.1) is 24.5 Å². The Kier molecular flexibility index (Phi) is 4.10. The Morgan fingerprint density at radius 2 is 2.23 bits per heavy atom. The molecule has 26 heavy (non-hydrogen) atoms. The van der Waals surface area contributed by atoms with Crippen molar-refractivity contribution in [3.05, 3.63) is 42.2 Å². The summed E-state index contributed by atoms with van der Waals surface area (Å²) in [5.41, 5.74) is 0.307. The first-order valence-electron chi connectivity index (χ1n) is 9.29. The summed E-state index contributed by atoms with van der Waals surface area (Å²) in [7, 11) is 0. The molecule has 2 fully saturated rings. The summed E-state index contributed by atoms with van der Waals surface area (Å²) in [5, 5.41) is 3.07. The molecule has 6 heteroatoms. The Labute approximate surface area is 153 Å². The minimum atomic E-state index is -0.627. The normalized spacial score (nSPS) is 33.0. The molecule has 0 radical (unpaired) electrons. The smallest absolute Gasteiger partial charge is 0.230 e. The van der Waals surface area contributed by atoms with Crippen LogP contribution in [0.25, 0.3) is 0 Å². The zero-order valence-electron chi connectivity index (χ0n) is 15.4.